The number of carbonyl (C=O) groups excluding carboxylic acids is 1. The quantitative estimate of drug-likeness (QED) is 0.857. The molecule has 1 fully saturated rings. The van der Waals surface area contributed by atoms with Gasteiger partial charge in [-0.3, -0.25) is 9.48 Å². The molecule has 0 saturated carbocycles. The predicted octanol–water partition coefficient (Wildman–Crippen LogP) is 1.62. The summed E-state index contributed by atoms with van der Waals surface area (Å²) < 4.78 is 7.56. The topological polar surface area (TPSA) is 50.6 Å². The zero-order valence-electron chi connectivity index (χ0n) is 13.9. The van der Waals surface area contributed by atoms with E-state index < -0.39 is 0 Å². The summed E-state index contributed by atoms with van der Waals surface area (Å²) in [7, 11) is 2.11. The number of hydrogen-bond acceptors (Lipinski definition) is 4. The molecule has 24 heavy (non-hydrogen) atoms. The van der Waals surface area contributed by atoms with Gasteiger partial charge in [-0.05, 0) is 38.2 Å². The standard InChI is InChI=1S/C18H22N4O2/c1-20-8-7-15(12-20)21-9-10-22-17(18(21)23)11-14(19-22)13-24-16-5-3-2-4-6-16/h2-6,11,15H,7-10,12-13H2,1H3/t15-/m1/s1. The van der Waals surface area contributed by atoms with Crippen molar-refractivity contribution >= 4 is 5.91 Å². The Hall–Kier alpha value is -2.34. The van der Waals surface area contributed by atoms with Gasteiger partial charge in [-0.25, -0.2) is 0 Å². The maximum Gasteiger partial charge on any atom is 0.272 e. The number of hydrogen-bond donors (Lipinski definition) is 0. The molecule has 1 atom stereocenters. The first kappa shape index (κ1) is 15.2. The highest BCUT2D eigenvalue weighted by Crippen LogP contribution is 2.21. The summed E-state index contributed by atoms with van der Waals surface area (Å²) in [6.07, 6.45) is 1.06. The lowest BCUT2D eigenvalue weighted by Gasteiger charge is -2.32. The van der Waals surface area contributed by atoms with Crippen LogP contribution < -0.4 is 4.74 Å². The van der Waals surface area contributed by atoms with Gasteiger partial charge in [0.05, 0.1) is 6.54 Å². The number of rotatable bonds is 4. The molecule has 0 radical (unpaired) electrons. The van der Waals surface area contributed by atoms with E-state index in [0.717, 1.165) is 44.0 Å². The molecule has 6 heteroatoms. The Bertz CT molecular complexity index is 728. The normalized spacial score (nSPS) is 21.1. The zero-order valence-corrected chi connectivity index (χ0v) is 13.9. The number of nitrogens with zero attached hydrogens (tertiary/aromatic N) is 4. The minimum atomic E-state index is 0.0972. The fraction of sp³-hybridized carbons (Fsp3) is 0.444. The fourth-order valence-corrected chi connectivity index (χ4v) is 3.52. The summed E-state index contributed by atoms with van der Waals surface area (Å²) in [5.74, 6) is 0.908. The van der Waals surface area contributed by atoms with Crippen molar-refractivity contribution in [2.24, 2.45) is 0 Å². The second kappa shape index (κ2) is 6.28. The van der Waals surface area contributed by atoms with Crippen LogP contribution in [-0.2, 0) is 13.2 Å². The Labute approximate surface area is 141 Å². The van der Waals surface area contributed by atoms with Crippen LogP contribution in [0.4, 0.5) is 0 Å². The third-order valence-corrected chi connectivity index (χ3v) is 4.80. The average molecular weight is 326 g/mol. The number of ether oxygens (including phenoxy) is 1. The fourth-order valence-electron chi connectivity index (χ4n) is 3.52. The van der Waals surface area contributed by atoms with Crippen LogP contribution in [0.5, 0.6) is 5.75 Å². The van der Waals surface area contributed by atoms with E-state index >= 15 is 0 Å². The minimum absolute atomic E-state index is 0.0972. The molecular formula is C18H22N4O2. The van der Waals surface area contributed by atoms with Gasteiger partial charge in [-0.2, -0.15) is 5.10 Å². The van der Waals surface area contributed by atoms with Gasteiger partial charge >= 0.3 is 0 Å². The van der Waals surface area contributed by atoms with E-state index in [1.807, 2.05) is 46.0 Å². The molecule has 6 nitrogen and oxygen atoms in total. The smallest absolute Gasteiger partial charge is 0.272 e. The first-order valence-electron chi connectivity index (χ1n) is 8.45. The summed E-state index contributed by atoms with van der Waals surface area (Å²) in [4.78, 5) is 17.1. The lowest BCUT2D eigenvalue weighted by atomic mass is 10.1. The van der Waals surface area contributed by atoms with E-state index in [1.54, 1.807) is 0 Å². The van der Waals surface area contributed by atoms with Crippen molar-refractivity contribution < 1.29 is 9.53 Å². The molecular weight excluding hydrogens is 304 g/mol. The van der Waals surface area contributed by atoms with Crippen molar-refractivity contribution in [3.8, 4) is 5.75 Å². The summed E-state index contributed by atoms with van der Waals surface area (Å²) in [6.45, 7) is 3.90. The van der Waals surface area contributed by atoms with E-state index in [0.29, 0.717) is 18.3 Å². The molecule has 0 N–H and O–H groups in total. The van der Waals surface area contributed by atoms with Gasteiger partial charge in [0.2, 0.25) is 0 Å². The Morgan fingerprint density at radius 1 is 1.21 bits per heavy atom. The van der Waals surface area contributed by atoms with Gasteiger partial charge in [0, 0.05) is 19.1 Å². The molecule has 2 aliphatic heterocycles. The number of benzene rings is 1. The number of likely N-dealkylation sites (N-methyl/N-ethyl adjacent to an activating group) is 1. The summed E-state index contributed by atoms with van der Waals surface area (Å²) >= 11 is 0. The van der Waals surface area contributed by atoms with Crippen molar-refractivity contribution in [3.05, 3.63) is 47.8 Å². The minimum Gasteiger partial charge on any atom is -0.487 e. The van der Waals surface area contributed by atoms with E-state index in [4.69, 9.17) is 4.74 Å². The molecule has 1 aromatic heterocycles. The number of likely N-dealkylation sites (tertiary alicyclic amines) is 1. The maximum absolute atomic E-state index is 12.8. The van der Waals surface area contributed by atoms with E-state index in [9.17, 15) is 4.79 Å². The molecule has 0 spiro atoms. The number of fused-ring (bicyclic) bond motifs is 1. The van der Waals surface area contributed by atoms with Gasteiger partial charge in [0.1, 0.15) is 23.7 Å². The van der Waals surface area contributed by atoms with Crippen LogP contribution in [0.25, 0.3) is 0 Å². The third kappa shape index (κ3) is 2.89. The van der Waals surface area contributed by atoms with Crippen LogP contribution in [0.15, 0.2) is 36.4 Å². The first-order chi connectivity index (χ1) is 11.7. The predicted molar refractivity (Wildman–Crippen MR) is 89.9 cm³/mol. The molecule has 4 rings (SSSR count). The molecule has 2 aromatic rings. The second-order valence-corrected chi connectivity index (χ2v) is 6.55. The van der Waals surface area contributed by atoms with Gasteiger partial charge in [0.15, 0.2) is 0 Å². The molecule has 126 valence electrons. The van der Waals surface area contributed by atoms with Crippen molar-refractivity contribution in [3.63, 3.8) is 0 Å². The molecule has 2 aliphatic rings. The average Bonchev–Trinajstić information content (AvgIpc) is 3.21. The van der Waals surface area contributed by atoms with Gasteiger partial charge in [-0.15, -0.1) is 0 Å². The van der Waals surface area contributed by atoms with Gasteiger partial charge in [0.25, 0.3) is 5.91 Å². The Kier molecular flexibility index (Phi) is 3.98. The second-order valence-electron chi connectivity index (χ2n) is 6.55. The van der Waals surface area contributed by atoms with Crippen LogP contribution in [-0.4, -0.2) is 58.2 Å². The number of para-hydroxylation sites is 1. The Balaban J connectivity index is 1.46. The van der Waals surface area contributed by atoms with Crippen molar-refractivity contribution in [1.82, 2.24) is 19.6 Å². The molecule has 1 amide bonds. The van der Waals surface area contributed by atoms with E-state index in [1.165, 1.54) is 0 Å². The third-order valence-electron chi connectivity index (χ3n) is 4.80. The highest BCUT2D eigenvalue weighted by atomic mass is 16.5. The molecule has 0 unspecified atom stereocenters. The number of aromatic nitrogens is 2. The largest absolute Gasteiger partial charge is 0.487 e. The summed E-state index contributed by atoms with van der Waals surface area (Å²) in [5.41, 5.74) is 1.48. The van der Waals surface area contributed by atoms with E-state index in [-0.39, 0.29) is 5.91 Å². The van der Waals surface area contributed by atoms with Crippen molar-refractivity contribution in [2.75, 3.05) is 26.7 Å². The SMILES string of the molecule is CN1CC[C@@H](N2CCn3nc(COc4ccccc4)cc3C2=O)C1. The molecule has 3 heterocycles. The summed E-state index contributed by atoms with van der Waals surface area (Å²) in [6, 6.07) is 11.9. The van der Waals surface area contributed by atoms with E-state index in [2.05, 4.69) is 17.0 Å². The molecule has 0 aliphatic carbocycles. The van der Waals surface area contributed by atoms with Gasteiger partial charge in [-0.1, -0.05) is 18.2 Å². The van der Waals surface area contributed by atoms with Crippen molar-refractivity contribution in [1.29, 1.82) is 0 Å². The van der Waals surface area contributed by atoms with Crippen LogP contribution >= 0.6 is 0 Å². The monoisotopic (exact) mass is 326 g/mol. The molecule has 1 aromatic carbocycles. The zero-order chi connectivity index (χ0) is 16.5. The molecule has 0 bridgehead atoms. The lowest BCUT2D eigenvalue weighted by Crippen LogP contribution is -2.47. The highest BCUT2D eigenvalue weighted by molar-refractivity contribution is 5.93. The molecule has 1 saturated heterocycles. The number of carbonyl (C=O) groups is 1. The van der Waals surface area contributed by atoms with Crippen LogP contribution in [0, 0.1) is 0 Å². The van der Waals surface area contributed by atoms with Gasteiger partial charge < -0.3 is 14.5 Å². The summed E-state index contributed by atoms with van der Waals surface area (Å²) in [5, 5.41) is 4.53. The lowest BCUT2D eigenvalue weighted by molar-refractivity contribution is 0.0618. The first-order valence-corrected chi connectivity index (χ1v) is 8.45. The highest BCUT2D eigenvalue weighted by Gasteiger charge is 2.34. The van der Waals surface area contributed by atoms with Crippen LogP contribution in [0.3, 0.4) is 0 Å². The van der Waals surface area contributed by atoms with Crippen LogP contribution in [0.1, 0.15) is 22.6 Å². The Morgan fingerprint density at radius 3 is 2.79 bits per heavy atom. The Morgan fingerprint density at radius 2 is 2.04 bits per heavy atom. The van der Waals surface area contributed by atoms with Crippen LogP contribution in [0.2, 0.25) is 0 Å². The van der Waals surface area contributed by atoms with Crippen molar-refractivity contribution in [2.45, 2.75) is 25.6 Å². The maximum atomic E-state index is 12.8. The number of amides is 1.